The van der Waals surface area contributed by atoms with Gasteiger partial charge in [0, 0.05) is 24.4 Å². The van der Waals surface area contributed by atoms with Crippen molar-refractivity contribution in [3.05, 3.63) is 27.0 Å². The molecule has 0 amide bonds. The first kappa shape index (κ1) is 13.5. The van der Waals surface area contributed by atoms with Crippen molar-refractivity contribution in [3.63, 3.8) is 0 Å². The minimum atomic E-state index is 0.594. The van der Waals surface area contributed by atoms with Crippen molar-refractivity contribution in [1.29, 1.82) is 0 Å². The Bertz CT molecular complexity index is 535. The minimum absolute atomic E-state index is 0.594. The largest absolute Gasteiger partial charge is 0.445 e. The van der Waals surface area contributed by atoms with Crippen LogP contribution in [0.25, 0.3) is 11.6 Å². The number of hydrogen-bond donors (Lipinski definition) is 1. The van der Waals surface area contributed by atoms with Crippen LogP contribution in [0.2, 0.25) is 0 Å². The Balaban J connectivity index is 2.45. The van der Waals surface area contributed by atoms with E-state index in [0.717, 1.165) is 29.0 Å². The zero-order valence-electron chi connectivity index (χ0n) is 10.1. The van der Waals surface area contributed by atoms with Crippen molar-refractivity contribution < 1.29 is 4.42 Å². The Hall–Kier alpha value is -0.880. The van der Waals surface area contributed by atoms with Crippen molar-refractivity contribution in [2.24, 2.45) is 0 Å². The maximum Gasteiger partial charge on any atom is 0.197 e. The molecule has 2 aromatic heterocycles. The van der Waals surface area contributed by atoms with E-state index in [2.05, 4.69) is 54.1 Å². The lowest BCUT2D eigenvalue weighted by molar-refractivity contribution is 0.549. The van der Waals surface area contributed by atoms with E-state index in [-0.39, 0.29) is 0 Å². The topological polar surface area (TPSA) is 51.0 Å². The molecule has 0 saturated heterocycles. The van der Waals surface area contributed by atoms with Gasteiger partial charge in [0.1, 0.15) is 5.82 Å². The molecule has 0 radical (unpaired) electrons. The van der Waals surface area contributed by atoms with Gasteiger partial charge < -0.3 is 9.73 Å². The Kier molecular flexibility index (Phi) is 4.40. The second kappa shape index (κ2) is 5.84. The van der Waals surface area contributed by atoms with Crippen LogP contribution >= 0.6 is 31.9 Å². The van der Waals surface area contributed by atoms with Crippen LogP contribution in [0.15, 0.2) is 25.7 Å². The summed E-state index contributed by atoms with van der Waals surface area (Å²) in [5.74, 6) is 2.06. The highest BCUT2D eigenvalue weighted by molar-refractivity contribution is 9.13. The van der Waals surface area contributed by atoms with Crippen molar-refractivity contribution in [3.8, 4) is 11.6 Å². The monoisotopic (exact) mass is 373 g/mol. The smallest absolute Gasteiger partial charge is 0.197 e. The van der Waals surface area contributed by atoms with Gasteiger partial charge in [-0.05, 0) is 45.2 Å². The van der Waals surface area contributed by atoms with Gasteiger partial charge in [0.05, 0.1) is 4.47 Å². The lowest BCUT2D eigenvalue weighted by atomic mass is 10.3. The fourth-order valence-electron chi connectivity index (χ4n) is 1.52. The molecular formula is C12H13Br2N3O. The SMILES string of the molecule is CCNc1cc(CC)nc(-c2cc(Br)c(Br)o2)n1. The summed E-state index contributed by atoms with van der Waals surface area (Å²) in [6, 6.07) is 3.81. The van der Waals surface area contributed by atoms with Crippen molar-refractivity contribution in [2.45, 2.75) is 20.3 Å². The fourth-order valence-corrected chi connectivity index (χ4v) is 2.09. The Labute approximate surface area is 122 Å². The first-order chi connectivity index (χ1) is 8.63. The molecular weight excluding hydrogens is 362 g/mol. The Morgan fingerprint density at radius 2 is 2.00 bits per heavy atom. The second-order valence-electron chi connectivity index (χ2n) is 3.68. The summed E-state index contributed by atoms with van der Waals surface area (Å²) in [6.07, 6.45) is 0.858. The number of hydrogen-bond acceptors (Lipinski definition) is 4. The molecule has 0 aliphatic carbocycles. The van der Waals surface area contributed by atoms with Crippen molar-refractivity contribution in [2.75, 3.05) is 11.9 Å². The molecule has 1 N–H and O–H groups in total. The zero-order valence-corrected chi connectivity index (χ0v) is 13.3. The van der Waals surface area contributed by atoms with Gasteiger partial charge in [-0.1, -0.05) is 6.92 Å². The predicted molar refractivity (Wildman–Crippen MR) is 78.7 cm³/mol. The molecule has 2 rings (SSSR count). The number of furan rings is 1. The fraction of sp³-hybridized carbons (Fsp3) is 0.333. The molecule has 0 spiro atoms. The van der Waals surface area contributed by atoms with Crippen LogP contribution in [0.4, 0.5) is 5.82 Å². The third kappa shape index (κ3) is 2.92. The molecule has 0 fully saturated rings. The van der Waals surface area contributed by atoms with Gasteiger partial charge in [-0.3, -0.25) is 0 Å². The van der Waals surface area contributed by atoms with Gasteiger partial charge in [0.2, 0.25) is 0 Å². The number of anilines is 1. The molecule has 0 unspecified atom stereocenters. The third-order valence-corrected chi connectivity index (χ3v) is 4.08. The summed E-state index contributed by atoms with van der Waals surface area (Å²) < 4.78 is 7.05. The van der Waals surface area contributed by atoms with E-state index < -0.39 is 0 Å². The van der Waals surface area contributed by atoms with Crippen LogP contribution in [0.1, 0.15) is 19.5 Å². The molecule has 96 valence electrons. The maximum absolute atomic E-state index is 5.55. The Morgan fingerprint density at radius 3 is 2.56 bits per heavy atom. The standard InChI is InChI=1S/C12H13Br2N3O/c1-3-7-5-10(15-4-2)17-12(16-7)9-6-8(13)11(14)18-9/h5-6H,3-4H2,1-2H3,(H,15,16,17). The molecule has 6 heteroatoms. The summed E-state index contributed by atoms with van der Waals surface area (Å²) in [6.45, 7) is 4.93. The number of halogens is 2. The first-order valence-corrected chi connectivity index (χ1v) is 7.29. The molecule has 2 aromatic rings. The minimum Gasteiger partial charge on any atom is -0.445 e. The average Bonchev–Trinajstić information content (AvgIpc) is 2.70. The molecule has 0 atom stereocenters. The maximum atomic E-state index is 5.55. The van der Waals surface area contributed by atoms with Gasteiger partial charge in [-0.2, -0.15) is 0 Å². The van der Waals surface area contributed by atoms with E-state index in [1.165, 1.54) is 0 Å². The Morgan fingerprint density at radius 1 is 1.22 bits per heavy atom. The highest BCUT2D eigenvalue weighted by Crippen LogP contribution is 2.31. The predicted octanol–water partition coefficient (Wildman–Crippen LogP) is 4.26. The van der Waals surface area contributed by atoms with Crippen LogP contribution in [0.3, 0.4) is 0 Å². The van der Waals surface area contributed by atoms with Gasteiger partial charge in [0.15, 0.2) is 16.3 Å². The highest BCUT2D eigenvalue weighted by Gasteiger charge is 2.12. The number of rotatable bonds is 4. The first-order valence-electron chi connectivity index (χ1n) is 5.71. The van der Waals surface area contributed by atoms with Crippen molar-refractivity contribution >= 4 is 37.7 Å². The number of nitrogens with zero attached hydrogens (tertiary/aromatic N) is 2. The second-order valence-corrected chi connectivity index (χ2v) is 5.26. The van der Waals surface area contributed by atoms with Crippen LogP contribution in [-0.2, 0) is 6.42 Å². The summed E-state index contributed by atoms with van der Waals surface area (Å²) in [5, 5.41) is 3.20. The van der Waals surface area contributed by atoms with Crippen LogP contribution in [-0.4, -0.2) is 16.5 Å². The van der Waals surface area contributed by atoms with E-state index in [1.54, 1.807) is 0 Å². The van der Waals surface area contributed by atoms with E-state index in [0.29, 0.717) is 16.3 Å². The molecule has 0 aliphatic rings. The van der Waals surface area contributed by atoms with Crippen LogP contribution in [0, 0.1) is 0 Å². The molecule has 2 heterocycles. The van der Waals surface area contributed by atoms with Gasteiger partial charge in [0.25, 0.3) is 0 Å². The lowest BCUT2D eigenvalue weighted by Crippen LogP contribution is -2.03. The zero-order chi connectivity index (χ0) is 13.1. The molecule has 18 heavy (non-hydrogen) atoms. The summed E-state index contributed by atoms with van der Waals surface area (Å²) in [7, 11) is 0. The summed E-state index contributed by atoms with van der Waals surface area (Å²) in [5.41, 5.74) is 0.986. The third-order valence-electron chi connectivity index (χ3n) is 2.36. The average molecular weight is 375 g/mol. The van der Waals surface area contributed by atoms with Gasteiger partial charge >= 0.3 is 0 Å². The summed E-state index contributed by atoms with van der Waals surface area (Å²) in [4.78, 5) is 8.91. The van der Waals surface area contributed by atoms with Crippen LogP contribution < -0.4 is 5.32 Å². The summed E-state index contributed by atoms with van der Waals surface area (Å²) >= 11 is 6.70. The van der Waals surface area contributed by atoms with Crippen molar-refractivity contribution in [1.82, 2.24) is 9.97 Å². The normalized spacial score (nSPS) is 10.7. The van der Waals surface area contributed by atoms with E-state index in [4.69, 9.17) is 4.42 Å². The number of aromatic nitrogens is 2. The van der Waals surface area contributed by atoms with E-state index in [9.17, 15) is 0 Å². The number of aryl methyl sites for hydroxylation is 1. The molecule has 4 nitrogen and oxygen atoms in total. The quantitative estimate of drug-likeness (QED) is 0.868. The highest BCUT2D eigenvalue weighted by atomic mass is 79.9. The molecule has 0 aliphatic heterocycles. The number of nitrogens with one attached hydrogen (secondary N) is 1. The molecule has 0 bridgehead atoms. The molecule has 0 aromatic carbocycles. The van der Waals surface area contributed by atoms with E-state index >= 15 is 0 Å². The van der Waals surface area contributed by atoms with Gasteiger partial charge in [-0.25, -0.2) is 9.97 Å². The van der Waals surface area contributed by atoms with Gasteiger partial charge in [-0.15, -0.1) is 0 Å². The lowest BCUT2D eigenvalue weighted by Gasteiger charge is -2.06. The van der Waals surface area contributed by atoms with E-state index in [1.807, 2.05) is 19.1 Å². The van der Waals surface area contributed by atoms with Crippen LogP contribution in [0.5, 0.6) is 0 Å². The molecule has 0 saturated carbocycles.